The molecule has 0 amide bonds. The van der Waals surface area contributed by atoms with Crippen LogP contribution in [0.4, 0.5) is 13.2 Å². The van der Waals surface area contributed by atoms with Crippen molar-refractivity contribution in [2.75, 3.05) is 6.54 Å². The highest BCUT2D eigenvalue weighted by Crippen LogP contribution is 2.31. The fraction of sp³-hybridized carbons (Fsp3) is 0.667. The fourth-order valence-corrected chi connectivity index (χ4v) is 1.47. The number of hydrogen-bond donors (Lipinski definition) is 1. The summed E-state index contributed by atoms with van der Waals surface area (Å²) in [5.41, 5.74) is -0.731. The zero-order valence-electron chi connectivity index (χ0n) is 10.8. The molecule has 1 rings (SSSR count). The zero-order valence-corrected chi connectivity index (χ0v) is 10.8. The second-order valence-electron chi connectivity index (χ2n) is 4.19. The maximum atomic E-state index is 12.9. The minimum absolute atomic E-state index is 0.0701. The molecule has 0 saturated heterocycles. The smallest absolute Gasteiger partial charge is 0.313 e. The number of nitrogens with zero attached hydrogens (tertiary/aromatic N) is 2. The Bertz CT molecular complexity index is 391. The van der Waals surface area contributed by atoms with Gasteiger partial charge in [0.15, 0.2) is 5.69 Å². The summed E-state index contributed by atoms with van der Waals surface area (Å²) in [7, 11) is 0. The molecular formula is C12H18F3N3. The van der Waals surface area contributed by atoms with Crippen molar-refractivity contribution in [1.82, 2.24) is 15.3 Å². The van der Waals surface area contributed by atoms with Crippen LogP contribution in [0.2, 0.25) is 0 Å². The van der Waals surface area contributed by atoms with Gasteiger partial charge in [-0.15, -0.1) is 0 Å². The van der Waals surface area contributed by atoms with Crippen LogP contribution in [0.1, 0.15) is 50.2 Å². The Morgan fingerprint density at radius 3 is 2.50 bits per heavy atom. The van der Waals surface area contributed by atoms with Gasteiger partial charge in [-0.2, -0.15) is 13.2 Å². The first-order valence-electron chi connectivity index (χ1n) is 6.03. The maximum absolute atomic E-state index is 12.9. The topological polar surface area (TPSA) is 37.8 Å². The molecule has 1 atom stereocenters. The first-order chi connectivity index (χ1) is 8.40. The summed E-state index contributed by atoms with van der Waals surface area (Å²) in [5.74, 6) is 0.185. The van der Waals surface area contributed by atoms with E-state index >= 15 is 0 Å². The summed E-state index contributed by atoms with van der Waals surface area (Å²) >= 11 is 0. The summed E-state index contributed by atoms with van der Waals surface area (Å²) in [6, 6.07) is 0. The van der Waals surface area contributed by atoms with Gasteiger partial charge in [-0.25, -0.2) is 9.97 Å². The standard InChI is InChI=1S/C12H18F3N3/c1-4-8(3)11-17-7-9(6-16-5-2)10(18-11)12(13,14)15/h7-8,16H,4-6H2,1-3H3. The van der Waals surface area contributed by atoms with E-state index in [1.54, 1.807) is 0 Å². The Labute approximate surface area is 105 Å². The number of rotatable bonds is 5. The van der Waals surface area contributed by atoms with E-state index in [4.69, 9.17) is 0 Å². The van der Waals surface area contributed by atoms with E-state index < -0.39 is 11.9 Å². The predicted octanol–water partition coefficient (Wildman–Crippen LogP) is 3.12. The molecule has 1 heterocycles. The average Bonchev–Trinajstić information content (AvgIpc) is 2.34. The quantitative estimate of drug-likeness (QED) is 0.885. The molecule has 0 bridgehead atoms. The van der Waals surface area contributed by atoms with Crippen LogP contribution in [0.15, 0.2) is 6.20 Å². The van der Waals surface area contributed by atoms with Gasteiger partial charge < -0.3 is 5.32 Å². The maximum Gasteiger partial charge on any atom is 0.433 e. The van der Waals surface area contributed by atoms with Crippen molar-refractivity contribution in [3.63, 3.8) is 0 Å². The summed E-state index contributed by atoms with van der Waals surface area (Å²) in [4.78, 5) is 7.72. The van der Waals surface area contributed by atoms with Gasteiger partial charge >= 0.3 is 6.18 Å². The monoisotopic (exact) mass is 261 g/mol. The highest BCUT2D eigenvalue weighted by Gasteiger charge is 2.36. The third-order valence-corrected chi connectivity index (χ3v) is 2.77. The Hall–Kier alpha value is -1.17. The van der Waals surface area contributed by atoms with Crippen molar-refractivity contribution in [1.29, 1.82) is 0 Å². The van der Waals surface area contributed by atoms with Crippen molar-refractivity contribution in [3.8, 4) is 0 Å². The Kier molecular flexibility index (Phi) is 5.07. The van der Waals surface area contributed by atoms with Crippen LogP contribution >= 0.6 is 0 Å². The number of aromatic nitrogens is 2. The number of nitrogens with one attached hydrogen (secondary N) is 1. The highest BCUT2D eigenvalue weighted by molar-refractivity contribution is 5.21. The lowest BCUT2D eigenvalue weighted by atomic mass is 10.1. The Morgan fingerprint density at radius 1 is 1.33 bits per heavy atom. The molecule has 0 aliphatic rings. The van der Waals surface area contributed by atoms with Crippen molar-refractivity contribution in [2.45, 2.75) is 45.8 Å². The SMILES string of the molecule is CCNCc1cnc(C(C)CC)nc1C(F)(F)F. The third kappa shape index (κ3) is 3.66. The number of alkyl halides is 3. The molecule has 0 fully saturated rings. The number of hydrogen-bond acceptors (Lipinski definition) is 3. The van der Waals surface area contributed by atoms with E-state index in [0.29, 0.717) is 13.0 Å². The van der Waals surface area contributed by atoms with Gasteiger partial charge in [0.1, 0.15) is 5.82 Å². The summed E-state index contributed by atoms with van der Waals surface area (Å²) in [6.07, 6.45) is -2.44. The molecule has 0 aliphatic carbocycles. The lowest BCUT2D eigenvalue weighted by molar-refractivity contribution is -0.142. The van der Waals surface area contributed by atoms with Crippen LogP contribution in [-0.4, -0.2) is 16.5 Å². The largest absolute Gasteiger partial charge is 0.433 e. The highest BCUT2D eigenvalue weighted by atomic mass is 19.4. The van der Waals surface area contributed by atoms with Gasteiger partial charge in [0.2, 0.25) is 0 Å². The molecule has 3 nitrogen and oxygen atoms in total. The summed E-state index contributed by atoms with van der Waals surface area (Å²) in [6.45, 7) is 6.28. The summed E-state index contributed by atoms with van der Waals surface area (Å²) in [5, 5.41) is 2.86. The second-order valence-corrected chi connectivity index (χ2v) is 4.19. The molecule has 6 heteroatoms. The molecule has 0 saturated carbocycles. The number of halogens is 3. The van der Waals surface area contributed by atoms with Crippen molar-refractivity contribution < 1.29 is 13.2 Å². The van der Waals surface area contributed by atoms with E-state index in [9.17, 15) is 13.2 Å². The van der Waals surface area contributed by atoms with Crippen LogP contribution in [0, 0.1) is 0 Å². The Balaban J connectivity index is 3.12. The van der Waals surface area contributed by atoms with Crippen molar-refractivity contribution in [3.05, 3.63) is 23.3 Å². The van der Waals surface area contributed by atoms with E-state index in [1.165, 1.54) is 6.20 Å². The third-order valence-electron chi connectivity index (χ3n) is 2.77. The van der Waals surface area contributed by atoms with Crippen molar-refractivity contribution in [2.24, 2.45) is 0 Å². The molecule has 18 heavy (non-hydrogen) atoms. The molecule has 1 N–H and O–H groups in total. The molecular weight excluding hydrogens is 243 g/mol. The minimum atomic E-state index is -4.43. The van der Waals surface area contributed by atoms with E-state index in [0.717, 1.165) is 0 Å². The van der Waals surface area contributed by atoms with Gasteiger partial charge in [-0.1, -0.05) is 20.8 Å². The normalized spacial score (nSPS) is 13.7. The van der Waals surface area contributed by atoms with Gasteiger partial charge in [0.25, 0.3) is 0 Å². The van der Waals surface area contributed by atoms with Crippen LogP contribution in [0.5, 0.6) is 0 Å². The van der Waals surface area contributed by atoms with Crippen molar-refractivity contribution >= 4 is 0 Å². The van der Waals surface area contributed by atoms with Gasteiger partial charge in [-0.05, 0) is 13.0 Å². The molecule has 0 aliphatic heterocycles. The van der Waals surface area contributed by atoms with E-state index in [-0.39, 0.29) is 23.9 Å². The molecule has 1 aromatic heterocycles. The van der Waals surface area contributed by atoms with Crippen LogP contribution in [0.3, 0.4) is 0 Å². The van der Waals surface area contributed by atoms with Crippen LogP contribution < -0.4 is 5.32 Å². The minimum Gasteiger partial charge on any atom is -0.313 e. The van der Waals surface area contributed by atoms with Gasteiger partial charge in [0, 0.05) is 24.2 Å². The molecule has 0 radical (unpaired) electrons. The Morgan fingerprint density at radius 2 is 2.00 bits per heavy atom. The lowest BCUT2D eigenvalue weighted by Gasteiger charge is -2.15. The van der Waals surface area contributed by atoms with E-state index in [2.05, 4.69) is 15.3 Å². The first-order valence-corrected chi connectivity index (χ1v) is 6.03. The van der Waals surface area contributed by atoms with Crippen LogP contribution in [-0.2, 0) is 12.7 Å². The lowest BCUT2D eigenvalue weighted by Crippen LogP contribution is -2.20. The second kappa shape index (κ2) is 6.13. The zero-order chi connectivity index (χ0) is 13.8. The molecule has 102 valence electrons. The predicted molar refractivity (Wildman–Crippen MR) is 63.1 cm³/mol. The molecule has 0 spiro atoms. The van der Waals surface area contributed by atoms with Gasteiger partial charge in [-0.3, -0.25) is 0 Å². The molecule has 1 unspecified atom stereocenters. The van der Waals surface area contributed by atoms with E-state index in [1.807, 2.05) is 20.8 Å². The van der Waals surface area contributed by atoms with Gasteiger partial charge in [0.05, 0.1) is 0 Å². The average molecular weight is 261 g/mol. The van der Waals surface area contributed by atoms with Crippen LogP contribution in [0.25, 0.3) is 0 Å². The summed E-state index contributed by atoms with van der Waals surface area (Å²) < 4.78 is 38.7. The molecule has 1 aromatic rings. The first kappa shape index (κ1) is 14.9. The fourth-order valence-electron chi connectivity index (χ4n) is 1.47. The molecule has 0 aromatic carbocycles.